The summed E-state index contributed by atoms with van der Waals surface area (Å²) in [6.07, 6.45) is 0. The molecule has 0 spiro atoms. The van der Waals surface area contributed by atoms with Crippen LogP contribution < -0.4 is 0 Å². The zero-order valence-electron chi connectivity index (χ0n) is 14.1. The van der Waals surface area contributed by atoms with Crippen LogP contribution in [0.5, 0.6) is 0 Å². The van der Waals surface area contributed by atoms with E-state index >= 15 is 0 Å². The van der Waals surface area contributed by atoms with Gasteiger partial charge in [0.05, 0.1) is 20.5 Å². The van der Waals surface area contributed by atoms with E-state index in [-0.39, 0.29) is 5.69 Å². The van der Waals surface area contributed by atoms with E-state index in [4.69, 9.17) is 16.7 Å². The van der Waals surface area contributed by atoms with Gasteiger partial charge in [0.1, 0.15) is 0 Å². The molecule has 10 heteroatoms. The monoisotopic (exact) mass is 427 g/mol. The van der Waals surface area contributed by atoms with Crippen LogP contribution in [0.25, 0.3) is 20.8 Å². The first-order chi connectivity index (χ1) is 13.6. The van der Waals surface area contributed by atoms with Crippen molar-refractivity contribution in [3.63, 3.8) is 0 Å². The van der Waals surface area contributed by atoms with Crippen LogP contribution >= 0.6 is 34.7 Å². The van der Waals surface area contributed by atoms with Gasteiger partial charge in [-0.15, -0.1) is 21.5 Å². The Bertz CT molecular complexity index is 1260. The Labute approximate surface area is 171 Å². The van der Waals surface area contributed by atoms with Gasteiger partial charge < -0.3 is 0 Å². The number of aromatic nitrogens is 3. The summed E-state index contributed by atoms with van der Waals surface area (Å²) in [5.41, 5.74) is 1.67. The van der Waals surface area contributed by atoms with Gasteiger partial charge in [0.15, 0.2) is 5.82 Å². The van der Waals surface area contributed by atoms with Crippen molar-refractivity contribution in [1.29, 1.82) is 0 Å². The number of halogens is 1. The van der Waals surface area contributed by atoms with Crippen LogP contribution in [0.2, 0.25) is 5.02 Å². The third-order valence-electron chi connectivity index (χ3n) is 4.32. The summed E-state index contributed by atoms with van der Waals surface area (Å²) in [4.78, 5) is 11.3. The smallest absolute Gasteiger partial charge is 0.258 e. The first-order valence-electron chi connectivity index (χ1n) is 8.20. The Morgan fingerprint density at radius 1 is 1.11 bits per heavy atom. The minimum Gasteiger partial charge on any atom is -0.258 e. The van der Waals surface area contributed by atoms with Gasteiger partial charge in [0.25, 0.3) is 5.69 Å². The molecule has 0 unspecified atom stereocenters. The van der Waals surface area contributed by atoms with Crippen molar-refractivity contribution >= 4 is 56.2 Å². The summed E-state index contributed by atoms with van der Waals surface area (Å²) < 4.78 is 2.77. The lowest BCUT2D eigenvalue weighted by atomic mass is 10.1. The van der Waals surface area contributed by atoms with Crippen LogP contribution in [0, 0.1) is 10.1 Å². The molecule has 5 rings (SSSR count). The van der Waals surface area contributed by atoms with Crippen LogP contribution in [0.15, 0.2) is 58.8 Å². The van der Waals surface area contributed by atoms with Gasteiger partial charge in [0.2, 0.25) is 5.16 Å². The molecule has 1 aliphatic heterocycles. The molecule has 4 aromatic rings. The summed E-state index contributed by atoms with van der Waals surface area (Å²) >= 11 is 9.67. The van der Waals surface area contributed by atoms with Gasteiger partial charge in [-0.25, -0.2) is 0 Å². The Morgan fingerprint density at radius 3 is 2.64 bits per heavy atom. The molecule has 28 heavy (non-hydrogen) atoms. The Kier molecular flexibility index (Phi) is 4.15. The van der Waals surface area contributed by atoms with Gasteiger partial charge in [-0.05, 0) is 23.8 Å². The summed E-state index contributed by atoms with van der Waals surface area (Å²) in [7, 11) is 0. The zero-order valence-corrected chi connectivity index (χ0v) is 16.5. The molecule has 0 amide bonds. The molecule has 0 saturated heterocycles. The number of nitro benzene ring substituents is 1. The number of non-ortho nitro benzene ring substituents is 1. The van der Waals surface area contributed by atoms with Crippen molar-refractivity contribution in [3.05, 3.63) is 69.2 Å². The molecule has 3 heterocycles. The molecule has 1 aliphatic rings. The van der Waals surface area contributed by atoms with E-state index in [0.717, 1.165) is 26.2 Å². The van der Waals surface area contributed by atoms with Crippen LogP contribution in [-0.4, -0.2) is 31.3 Å². The molecule has 138 valence electrons. The van der Waals surface area contributed by atoms with Gasteiger partial charge in [-0.2, -0.15) is 9.78 Å². The van der Waals surface area contributed by atoms with E-state index in [1.165, 1.54) is 23.9 Å². The third kappa shape index (κ3) is 2.79. The molecule has 2 aromatic heterocycles. The van der Waals surface area contributed by atoms with Crippen molar-refractivity contribution in [2.45, 2.75) is 5.16 Å². The highest BCUT2D eigenvalue weighted by Crippen LogP contribution is 2.42. The number of benzene rings is 2. The molecule has 0 aliphatic carbocycles. The Balaban J connectivity index is 1.60. The molecule has 0 saturated carbocycles. The van der Waals surface area contributed by atoms with E-state index in [9.17, 15) is 10.1 Å². The summed E-state index contributed by atoms with van der Waals surface area (Å²) in [5, 5.41) is 26.4. The maximum Gasteiger partial charge on any atom is 0.269 e. The fourth-order valence-electron chi connectivity index (χ4n) is 2.94. The van der Waals surface area contributed by atoms with Gasteiger partial charge >= 0.3 is 0 Å². The summed E-state index contributed by atoms with van der Waals surface area (Å²) in [6.45, 7) is 0. The SMILES string of the molecule is O=[N+]([O-])c1ccc(C2=Nn3c(nnc3-c3sc4ccccc4c3Cl)SC2)cc1. The maximum absolute atomic E-state index is 10.9. The zero-order chi connectivity index (χ0) is 19.3. The standard InChI is InChI=1S/C18H10ClN5O2S2/c19-15-12-3-1-2-4-14(12)28-16(15)17-20-21-18-23(17)22-13(9-27-18)10-5-7-11(8-6-10)24(25)26/h1-8H,9H2. The second kappa shape index (κ2) is 6.69. The van der Waals surface area contributed by atoms with Crippen LogP contribution in [-0.2, 0) is 0 Å². The minimum atomic E-state index is -0.416. The van der Waals surface area contributed by atoms with Crippen LogP contribution in [0.3, 0.4) is 0 Å². The molecular formula is C18H10ClN5O2S2. The van der Waals surface area contributed by atoms with Crippen molar-refractivity contribution in [1.82, 2.24) is 14.9 Å². The predicted octanol–water partition coefficient (Wildman–Crippen LogP) is 5.08. The number of hydrogen-bond donors (Lipinski definition) is 0. The number of thioether (sulfide) groups is 1. The average molecular weight is 428 g/mol. The van der Waals surface area contributed by atoms with Crippen molar-refractivity contribution < 1.29 is 4.92 Å². The number of rotatable bonds is 3. The number of hydrogen-bond acceptors (Lipinski definition) is 7. The fourth-order valence-corrected chi connectivity index (χ4v) is 5.27. The van der Waals surface area contributed by atoms with E-state index in [2.05, 4.69) is 10.2 Å². The van der Waals surface area contributed by atoms with Gasteiger partial charge in [0, 0.05) is 28.0 Å². The largest absolute Gasteiger partial charge is 0.269 e. The summed E-state index contributed by atoms with van der Waals surface area (Å²) in [6, 6.07) is 14.3. The fraction of sp³-hybridized carbons (Fsp3) is 0.0556. The third-order valence-corrected chi connectivity index (χ3v) is 6.92. The molecule has 7 nitrogen and oxygen atoms in total. The number of nitro groups is 1. The Hall–Kier alpha value is -2.75. The second-order valence-electron chi connectivity index (χ2n) is 6.00. The summed E-state index contributed by atoms with van der Waals surface area (Å²) in [5.74, 6) is 1.20. The highest BCUT2D eigenvalue weighted by molar-refractivity contribution is 7.99. The maximum atomic E-state index is 10.9. The van der Waals surface area contributed by atoms with Crippen molar-refractivity contribution in [2.75, 3.05) is 5.75 Å². The molecular weight excluding hydrogens is 418 g/mol. The molecule has 0 atom stereocenters. The number of fused-ring (bicyclic) bond motifs is 2. The van der Waals surface area contributed by atoms with Crippen molar-refractivity contribution in [2.24, 2.45) is 5.10 Å². The minimum absolute atomic E-state index is 0.0514. The topological polar surface area (TPSA) is 86.2 Å². The van der Waals surface area contributed by atoms with E-state index in [1.807, 2.05) is 24.3 Å². The lowest BCUT2D eigenvalue weighted by Gasteiger charge is -2.13. The lowest BCUT2D eigenvalue weighted by molar-refractivity contribution is -0.384. The predicted molar refractivity (Wildman–Crippen MR) is 112 cm³/mol. The molecule has 0 bridgehead atoms. The van der Waals surface area contributed by atoms with E-state index in [0.29, 0.717) is 21.8 Å². The quantitative estimate of drug-likeness (QED) is 0.336. The first-order valence-corrected chi connectivity index (χ1v) is 10.4. The lowest BCUT2D eigenvalue weighted by Crippen LogP contribution is -2.13. The van der Waals surface area contributed by atoms with Gasteiger partial charge in [-0.1, -0.05) is 41.6 Å². The molecule has 0 radical (unpaired) electrons. The number of thiophene rings is 1. The highest BCUT2D eigenvalue weighted by atomic mass is 35.5. The van der Waals surface area contributed by atoms with E-state index in [1.54, 1.807) is 28.1 Å². The number of nitrogens with zero attached hydrogens (tertiary/aromatic N) is 5. The average Bonchev–Trinajstić information content (AvgIpc) is 3.28. The van der Waals surface area contributed by atoms with Gasteiger partial charge in [-0.3, -0.25) is 10.1 Å². The van der Waals surface area contributed by atoms with Crippen LogP contribution in [0.4, 0.5) is 5.69 Å². The molecule has 0 fully saturated rings. The molecule has 0 N–H and O–H groups in total. The first kappa shape index (κ1) is 17.4. The second-order valence-corrected chi connectivity index (χ2v) is 8.37. The molecule has 2 aromatic carbocycles. The normalized spacial score (nSPS) is 13.4. The van der Waals surface area contributed by atoms with Crippen molar-refractivity contribution in [3.8, 4) is 10.7 Å². The van der Waals surface area contributed by atoms with Crippen LogP contribution in [0.1, 0.15) is 5.56 Å². The highest BCUT2D eigenvalue weighted by Gasteiger charge is 2.24. The van der Waals surface area contributed by atoms with E-state index < -0.39 is 4.92 Å². The Morgan fingerprint density at radius 2 is 1.89 bits per heavy atom.